The van der Waals surface area contributed by atoms with Crippen LogP contribution in [0, 0.1) is 47.3 Å². The van der Waals surface area contributed by atoms with Gasteiger partial charge in [0.15, 0.2) is 11.5 Å². The zero-order valence-electron chi connectivity index (χ0n) is 39.6. The Labute approximate surface area is 428 Å². The number of hydrogen-bond donors (Lipinski definition) is 8. The molecule has 7 aromatic rings. The van der Waals surface area contributed by atoms with Gasteiger partial charge in [-0.05, 0) is 133 Å². The third-order valence-electron chi connectivity index (χ3n) is 18.9. The lowest BCUT2D eigenvalue weighted by Gasteiger charge is -2.62. The highest BCUT2D eigenvalue weighted by molar-refractivity contribution is 6.65. The van der Waals surface area contributed by atoms with Gasteiger partial charge in [0.25, 0.3) is 0 Å². The molecule has 2 aromatic heterocycles. The molecule has 6 aliphatic carbocycles. The minimum absolute atomic E-state index is 0.00762. The van der Waals surface area contributed by atoms with Gasteiger partial charge in [-0.3, -0.25) is 0 Å². The van der Waals surface area contributed by atoms with Crippen molar-refractivity contribution in [1.29, 1.82) is 0 Å². The van der Waals surface area contributed by atoms with Gasteiger partial charge in [0.05, 0.1) is 39.0 Å². The molecule has 11 nitrogen and oxygen atoms in total. The van der Waals surface area contributed by atoms with E-state index >= 15 is 0 Å². The summed E-state index contributed by atoms with van der Waals surface area (Å²) in [6, 6.07) is 0. The minimum Gasteiger partial charge on any atom is -0.509 e. The molecule has 338 valence electrons. The van der Waals surface area contributed by atoms with E-state index < -0.39 is 79.5 Å². The molecule has 0 saturated heterocycles. The van der Waals surface area contributed by atoms with Crippen molar-refractivity contribution < 1.29 is 45.6 Å². The maximum absolute atomic E-state index is 13.5. The average molecular weight is 933 g/mol. The van der Waals surface area contributed by atoms with Gasteiger partial charge < -0.3 is 54.7 Å². The number of phenolic OH excluding ortho intramolecular Hbond substituents is 8. The molecule has 6 bridgehead atoms. The fraction of sp³-hybridized carbons (Fsp3) is 0.412. The third kappa shape index (κ3) is 5.20. The van der Waals surface area contributed by atoms with Gasteiger partial charge in [0, 0.05) is 27.2 Å². The van der Waals surface area contributed by atoms with E-state index in [1.54, 1.807) is 0 Å². The summed E-state index contributed by atoms with van der Waals surface area (Å²) in [5.41, 5.74) is -5.13. The number of ether oxygens (including phenoxy) is 1. The van der Waals surface area contributed by atoms with Crippen molar-refractivity contribution in [2.75, 3.05) is 0 Å². The number of phenols is 8. The van der Waals surface area contributed by atoms with Gasteiger partial charge in [0.1, 0.15) is 101 Å². The molecule has 72 heavy (non-hydrogen) atoms. The molecule has 6 fully saturated rings. The van der Waals surface area contributed by atoms with Crippen LogP contribution in [-0.2, 0) is 15.9 Å². The summed E-state index contributed by atoms with van der Waals surface area (Å²) in [5.74, 6) is -5.22. The van der Waals surface area contributed by atoms with Gasteiger partial charge in [-0.1, -0.05) is 46.6 Å². The van der Waals surface area contributed by atoms with Crippen LogP contribution in [0.2, 0.25) is 0 Å². The summed E-state index contributed by atoms with van der Waals surface area (Å²) in [7, 11) is 68.5. The highest BCUT2D eigenvalue weighted by Gasteiger charge is 2.70. The van der Waals surface area contributed by atoms with E-state index in [0.717, 1.165) is 62.4 Å². The number of fused-ring (bicyclic) bond motifs is 11. The Kier molecular flexibility index (Phi) is 9.51. The highest BCUT2D eigenvalue weighted by atomic mass is 16.5. The predicted octanol–water partition coefficient (Wildman–Crippen LogP) is -1.57. The molecule has 14 rings (SSSR count). The molecule has 0 amide bonds. The third-order valence-corrected chi connectivity index (χ3v) is 18.9. The van der Waals surface area contributed by atoms with Crippen LogP contribution in [0.5, 0.6) is 46.0 Å². The summed E-state index contributed by atoms with van der Waals surface area (Å²) >= 11 is 0. The number of aromatic hydroxyl groups is 8. The maximum atomic E-state index is 13.5. The van der Waals surface area contributed by atoms with E-state index in [1.807, 2.05) is 0 Å². The molecule has 6 saturated carbocycles. The molecule has 7 aliphatic rings. The fourth-order valence-electron chi connectivity index (χ4n) is 16.4. The fourth-order valence-corrected chi connectivity index (χ4v) is 16.4. The number of benzene rings is 5. The summed E-state index contributed by atoms with van der Waals surface area (Å²) in [6.07, 6.45) is 8.51. The summed E-state index contributed by atoms with van der Waals surface area (Å²) in [6.45, 7) is 4.49. The molecule has 1 aliphatic heterocycles. The summed E-state index contributed by atoms with van der Waals surface area (Å²) in [5, 5.41) is 94.6. The van der Waals surface area contributed by atoms with Crippen LogP contribution in [0.25, 0.3) is 55.0 Å². The Hall–Kier alpha value is -5.29. The second-order valence-electron chi connectivity index (χ2n) is 22.4. The van der Waals surface area contributed by atoms with Crippen molar-refractivity contribution in [2.45, 2.75) is 82.8 Å². The first kappa shape index (κ1) is 46.5. The smallest absolute Gasteiger partial charge is 0.206 e. The molecule has 8 N–H and O–H groups in total. The van der Waals surface area contributed by atoms with Crippen LogP contribution in [-0.4, -0.2) is 128 Å². The molecular weight excluding hydrogens is 893 g/mol. The van der Waals surface area contributed by atoms with E-state index in [4.69, 9.17) is 83.2 Å². The molecule has 2 spiro atoms. The maximum Gasteiger partial charge on any atom is 0.206 e. The SMILES string of the molecule is [B]c1c(O)c(O)c(O)c(O)c1-n1c2c([B])c3c(c([B])c2c2c(O)c(-n4c5c([B])c([B])c(O)c([B])c5c5c([B])c([B])c([B])c(O)c54)c([B])c(O)c21)C1(OC32C(C)CC3CC(C)CC2C3)C2CC3CC(C2)CC1C3. The Morgan fingerprint density at radius 2 is 0.819 bits per heavy atom. The van der Waals surface area contributed by atoms with Crippen LogP contribution >= 0.6 is 0 Å². The zero-order chi connectivity index (χ0) is 51.2. The van der Waals surface area contributed by atoms with Crippen LogP contribution < -0.4 is 54.6 Å². The highest BCUT2D eigenvalue weighted by Crippen LogP contribution is 2.72. The normalized spacial score (nSPS) is 29.2. The molecule has 5 atom stereocenters. The Morgan fingerprint density at radius 3 is 1.44 bits per heavy atom. The predicted molar refractivity (Wildman–Crippen MR) is 288 cm³/mol. The summed E-state index contributed by atoms with van der Waals surface area (Å²) < 4.78 is 10.5. The topological polar surface area (TPSA) is 181 Å². The molecule has 5 aromatic carbocycles. The lowest BCUT2D eigenvalue weighted by molar-refractivity contribution is -0.289. The molecule has 20 radical (unpaired) electrons. The Balaban J connectivity index is 1.27. The largest absolute Gasteiger partial charge is 0.509 e. The van der Waals surface area contributed by atoms with Crippen molar-refractivity contribution in [1.82, 2.24) is 9.13 Å². The molecule has 3 heterocycles. The number of rotatable bonds is 2. The zero-order valence-corrected chi connectivity index (χ0v) is 39.6. The molecular formula is C51H40B10N2O9. The lowest BCUT2D eigenvalue weighted by Crippen LogP contribution is -2.59. The quantitative estimate of drug-likeness (QED) is 0.0578. The second kappa shape index (κ2) is 14.7. The van der Waals surface area contributed by atoms with Gasteiger partial charge >= 0.3 is 0 Å². The van der Waals surface area contributed by atoms with Crippen molar-refractivity contribution in [3.63, 3.8) is 0 Å². The Morgan fingerprint density at radius 1 is 0.361 bits per heavy atom. The van der Waals surface area contributed by atoms with Gasteiger partial charge in [0.2, 0.25) is 11.5 Å². The van der Waals surface area contributed by atoms with Crippen molar-refractivity contribution in [3.05, 3.63) is 11.1 Å². The van der Waals surface area contributed by atoms with Crippen molar-refractivity contribution in [2.24, 2.45) is 47.3 Å². The van der Waals surface area contributed by atoms with E-state index in [1.165, 1.54) is 4.57 Å². The Bertz CT molecular complexity index is 3590. The van der Waals surface area contributed by atoms with Crippen LogP contribution in [0.1, 0.15) is 82.8 Å². The van der Waals surface area contributed by atoms with Gasteiger partial charge in [-0.2, -0.15) is 0 Å². The van der Waals surface area contributed by atoms with E-state index in [0.29, 0.717) is 34.8 Å². The van der Waals surface area contributed by atoms with Gasteiger partial charge in [-0.15, -0.1) is 5.46 Å². The summed E-state index contributed by atoms with van der Waals surface area (Å²) in [4.78, 5) is 0. The first-order valence-corrected chi connectivity index (χ1v) is 24.6. The first-order chi connectivity index (χ1) is 34.0. The van der Waals surface area contributed by atoms with Crippen LogP contribution in [0.15, 0.2) is 0 Å². The standard InChI is InChI=1S/C51H40B10N2O9/c1-12-3-14-5-13(2)50(17(4-12)7-14)25-24(51(72-50)18-8-15-6-16(10-18)11-19(51)9-15)26(52)22-23-39(62(36(22)29(25)55)41-35(61)46(68)48(70)49(71)47(41)69)45(67)34(60)40(42(23)64)63-37-21(28(54)43(65)33(59)31(37)57)20-27(53)30(56)32(58)44(66)38(20)63/h12-19,64-71H,3-11H2,1-2H3. The van der Waals surface area contributed by atoms with Crippen molar-refractivity contribution >= 4 is 177 Å². The minimum atomic E-state index is -1.16. The van der Waals surface area contributed by atoms with Crippen LogP contribution in [0.3, 0.4) is 0 Å². The average Bonchev–Trinajstić information content (AvgIpc) is 4.00. The van der Waals surface area contributed by atoms with E-state index in [9.17, 15) is 40.9 Å². The lowest BCUT2D eigenvalue weighted by atomic mass is 9.47. The molecule has 5 unspecified atom stereocenters. The number of aromatic nitrogens is 2. The van der Waals surface area contributed by atoms with Crippen LogP contribution in [0.4, 0.5) is 0 Å². The van der Waals surface area contributed by atoms with E-state index in [2.05, 4.69) is 13.8 Å². The number of hydrogen-bond acceptors (Lipinski definition) is 9. The van der Waals surface area contributed by atoms with E-state index in [-0.39, 0.29) is 111 Å². The molecule has 21 heteroatoms. The van der Waals surface area contributed by atoms with Crippen molar-refractivity contribution in [3.8, 4) is 57.4 Å². The van der Waals surface area contributed by atoms with Gasteiger partial charge in [-0.25, -0.2) is 0 Å². The first-order valence-electron chi connectivity index (χ1n) is 24.6. The second-order valence-corrected chi connectivity index (χ2v) is 22.4. The number of nitrogens with zero attached hydrogens (tertiary/aromatic N) is 2. The monoisotopic (exact) mass is 934 g/mol.